The van der Waals surface area contributed by atoms with Crippen molar-refractivity contribution < 1.29 is 17.9 Å². The average Bonchev–Trinajstić information content (AvgIpc) is 3.06. The summed E-state index contributed by atoms with van der Waals surface area (Å²) in [5.41, 5.74) is 1.90. The molecule has 5 nitrogen and oxygen atoms in total. The number of hydrogen-bond acceptors (Lipinski definition) is 5. The summed E-state index contributed by atoms with van der Waals surface area (Å²) in [5.74, 6) is 0.191. The number of carbonyl (C=O) groups is 1. The van der Waals surface area contributed by atoms with E-state index in [0.29, 0.717) is 32.3 Å². The third-order valence-electron chi connectivity index (χ3n) is 4.20. The summed E-state index contributed by atoms with van der Waals surface area (Å²) in [7, 11) is -1.84. The van der Waals surface area contributed by atoms with Crippen molar-refractivity contribution in [3.8, 4) is 16.2 Å². The third kappa shape index (κ3) is 2.79. The number of sulfone groups is 1. The molecule has 0 unspecified atom stereocenters. The zero-order valence-electron chi connectivity index (χ0n) is 13.9. The summed E-state index contributed by atoms with van der Waals surface area (Å²) < 4.78 is 30.2. The standard InChI is InChI=1S/C19H15NO4S2/c1-24-15-8-4-3-7-14(15)20-19(21)16-10-12-11-26(22,23)17-9-5-2-6-13(17)18(12)25-16/h2-10H,11H2,1H3,(H,20,21). The maximum absolute atomic E-state index is 12.7. The second kappa shape index (κ2) is 6.26. The van der Waals surface area contributed by atoms with Gasteiger partial charge in [0, 0.05) is 10.4 Å². The van der Waals surface area contributed by atoms with Gasteiger partial charge in [0.1, 0.15) is 5.75 Å². The van der Waals surface area contributed by atoms with Crippen LogP contribution < -0.4 is 10.1 Å². The van der Waals surface area contributed by atoms with Crippen molar-refractivity contribution in [1.29, 1.82) is 0 Å². The maximum atomic E-state index is 12.7. The predicted molar refractivity (Wildman–Crippen MR) is 102 cm³/mol. The van der Waals surface area contributed by atoms with Gasteiger partial charge >= 0.3 is 0 Å². The van der Waals surface area contributed by atoms with Crippen LogP contribution in [-0.2, 0) is 15.6 Å². The van der Waals surface area contributed by atoms with Crippen LogP contribution in [0.1, 0.15) is 15.2 Å². The lowest BCUT2D eigenvalue weighted by molar-refractivity contribution is 0.103. The molecule has 132 valence electrons. The number of methoxy groups -OCH3 is 1. The van der Waals surface area contributed by atoms with E-state index in [4.69, 9.17) is 4.74 Å². The number of carbonyl (C=O) groups excluding carboxylic acids is 1. The monoisotopic (exact) mass is 385 g/mol. The van der Waals surface area contributed by atoms with Crippen molar-refractivity contribution in [2.45, 2.75) is 10.6 Å². The number of amides is 1. The van der Waals surface area contributed by atoms with Gasteiger partial charge in [0.25, 0.3) is 5.91 Å². The van der Waals surface area contributed by atoms with Gasteiger partial charge < -0.3 is 10.1 Å². The molecular formula is C19H15NO4S2. The molecule has 3 aromatic rings. The van der Waals surface area contributed by atoms with Gasteiger partial charge in [-0.05, 0) is 29.8 Å². The number of ether oxygens (including phenoxy) is 1. The van der Waals surface area contributed by atoms with Crippen molar-refractivity contribution in [2.75, 3.05) is 12.4 Å². The molecule has 0 saturated carbocycles. The highest BCUT2D eigenvalue weighted by Crippen LogP contribution is 2.42. The van der Waals surface area contributed by atoms with E-state index in [-0.39, 0.29) is 11.7 Å². The smallest absolute Gasteiger partial charge is 0.265 e. The van der Waals surface area contributed by atoms with Crippen LogP contribution in [0.15, 0.2) is 59.5 Å². The lowest BCUT2D eigenvalue weighted by Gasteiger charge is -2.15. The molecule has 0 aliphatic carbocycles. The molecule has 1 aliphatic rings. The first kappa shape index (κ1) is 16.8. The minimum absolute atomic E-state index is 0.0855. The highest BCUT2D eigenvalue weighted by Gasteiger charge is 2.30. The Morgan fingerprint density at radius 1 is 1.12 bits per heavy atom. The maximum Gasteiger partial charge on any atom is 0.265 e. The highest BCUT2D eigenvalue weighted by molar-refractivity contribution is 7.91. The first-order valence-electron chi connectivity index (χ1n) is 7.89. The average molecular weight is 385 g/mol. The van der Waals surface area contributed by atoms with Gasteiger partial charge in [0.2, 0.25) is 0 Å². The Hall–Kier alpha value is -2.64. The Morgan fingerprint density at radius 3 is 2.65 bits per heavy atom. The van der Waals surface area contributed by atoms with Crippen LogP contribution >= 0.6 is 11.3 Å². The SMILES string of the molecule is COc1ccccc1NC(=O)c1cc2c(s1)-c1ccccc1S(=O)(=O)C2. The normalized spacial score (nSPS) is 14.2. The molecule has 0 radical (unpaired) electrons. The first-order chi connectivity index (χ1) is 12.5. The number of hydrogen-bond donors (Lipinski definition) is 1. The van der Waals surface area contributed by atoms with Gasteiger partial charge in [-0.15, -0.1) is 11.3 Å². The Morgan fingerprint density at radius 2 is 1.85 bits per heavy atom. The number of anilines is 1. The quantitative estimate of drug-likeness (QED) is 0.741. The topological polar surface area (TPSA) is 72.5 Å². The van der Waals surface area contributed by atoms with Crippen molar-refractivity contribution >= 4 is 32.8 Å². The summed E-state index contributed by atoms with van der Waals surface area (Å²) >= 11 is 1.30. The molecule has 0 saturated heterocycles. The molecule has 1 aromatic heterocycles. The van der Waals surface area contributed by atoms with E-state index in [9.17, 15) is 13.2 Å². The van der Waals surface area contributed by atoms with E-state index >= 15 is 0 Å². The summed E-state index contributed by atoms with van der Waals surface area (Å²) in [6.45, 7) is 0. The molecule has 0 bridgehead atoms. The van der Waals surface area contributed by atoms with E-state index in [0.717, 1.165) is 4.88 Å². The highest BCUT2D eigenvalue weighted by atomic mass is 32.2. The Labute approximate surface area is 155 Å². The molecule has 2 aromatic carbocycles. The molecule has 0 spiro atoms. The van der Waals surface area contributed by atoms with Crippen molar-refractivity contribution in [3.63, 3.8) is 0 Å². The van der Waals surface area contributed by atoms with Gasteiger partial charge in [0.15, 0.2) is 9.84 Å². The minimum atomic E-state index is -3.38. The van der Waals surface area contributed by atoms with Gasteiger partial charge in [-0.2, -0.15) is 0 Å². The molecule has 26 heavy (non-hydrogen) atoms. The second-order valence-corrected chi connectivity index (χ2v) is 8.88. The number of nitrogens with one attached hydrogen (secondary N) is 1. The molecular weight excluding hydrogens is 370 g/mol. The molecule has 1 N–H and O–H groups in total. The Bertz CT molecular complexity index is 1120. The van der Waals surface area contributed by atoms with E-state index < -0.39 is 9.84 Å². The van der Waals surface area contributed by atoms with Crippen LogP contribution in [0.2, 0.25) is 0 Å². The van der Waals surface area contributed by atoms with E-state index in [1.165, 1.54) is 18.4 Å². The minimum Gasteiger partial charge on any atom is -0.495 e. The van der Waals surface area contributed by atoms with Gasteiger partial charge in [-0.3, -0.25) is 4.79 Å². The summed E-state index contributed by atoms with van der Waals surface area (Å²) in [6.07, 6.45) is 0. The number of thiophene rings is 1. The number of rotatable bonds is 3. The van der Waals surface area contributed by atoms with Gasteiger partial charge in [-0.1, -0.05) is 30.3 Å². The van der Waals surface area contributed by atoms with Crippen molar-refractivity contribution in [2.24, 2.45) is 0 Å². The van der Waals surface area contributed by atoms with E-state index in [2.05, 4.69) is 5.32 Å². The lowest BCUT2D eigenvalue weighted by Crippen LogP contribution is -2.11. The third-order valence-corrected chi connectivity index (χ3v) is 7.13. The van der Waals surface area contributed by atoms with Crippen molar-refractivity contribution in [3.05, 3.63) is 65.0 Å². The van der Waals surface area contributed by atoms with Crippen LogP contribution in [0.4, 0.5) is 5.69 Å². The zero-order valence-corrected chi connectivity index (χ0v) is 15.5. The van der Waals surface area contributed by atoms with Crippen LogP contribution in [0.25, 0.3) is 10.4 Å². The van der Waals surface area contributed by atoms with E-state index in [1.54, 1.807) is 48.5 Å². The Kier molecular flexibility index (Phi) is 4.05. The molecule has 1 amide bonds. The lowest BCUT2D eigenvalue weighted by atomic mass is 10.1. The fourth-order valence-electron chi connectivity index (χ4n) is 3.02. The molecule has 2 heterocycles. The largest absolute Gasteiger partial charge is 0.495 e. The molecule has 0 atom stereocenters. The fourth-order valence-corrected chi connectivity index (χ4v) is 5.87. The second-order valence-electron chi connectivity index (χ2n) is 5.87. The summed E-state index contributed by atoms with van der Waals surface area (Å²) in [5, 5.41) is 2.83. The molecule has 0 fully saturated rings. The number of fused-ring (bicyclic) bond motifs is 3. The van der Waals surface area contributed by atoms with Crippen LogP contribution in [0, 0.1) is 0 Å². The van der Waals surface area contributed by atoms with E-state index in [1.807, 2.05) is 6.07 Å². The van der Waals surface area contributed by atoms with Crippen LogP contribution in [0.3, 0.4) is 0 Å². The van der Waals surface area contributed by atoms with Crippen LogP contribution in [0.5, 0.6) is 5.75 Å². The number of para-hydroxylation sites is 2. The van der Waals surface area contributed by atoms with Crippen molar-refractivity contribution in [1.82, 2.24) is 0 Å². The van der Waals surface area contributed by atoms with Gasteiger partial charge in [0.05, 0.1) is 28.3 Å². The predicted octanol–water partition coefficient (Wildman–Crippen LogP) is 3.96. The summed E-state index contributed by atoms with van der Waals surface area (Å²) in [6, 6.07) is 15.7. The summed E-state index contributed by atoms with van der Waals surface area (Å²) in [4.78, 5) is 14.3. The molecule has 4 rings (SSSR count). The first-order valence-corrected chi connectivity index (χ1v) is 10.4. The molecule has 7 heteroatoms. The number of benzene rings is 2. The zero-order chi connectivity index (χ0) is 18.3. The van der Waals surface area contributed by atoms with Gasteiger partial charge in [-0.25, -0.2) is 8.42 Å². The van der Waals surface area contributed by atoms with Crippen LogP contribution in [-0.4, -0.2) is 21.4 Å². The molecule has 1 aliphatic heterocycles. The fraction of sp³-hybridized carbons (Fsp3) is 0.105. The Balaban J connectivity index is 1.72.